The van der Waals surface area contributed by atoms with E-state index in [9.17, 15) is 9.59 Å². The molecule has 1 spiro atoms. The van der Waals surface area contributed by atoms with Crippen LogP contribution < -0.4 is 0 Å². The highest BCUT2D eigenvalue weighted by Gasteiger charge is 2.55. The SMILES string of the molecule is O=C1C[C@H](C(=O)N2CCc3nocc3C2)C2(CCCC2)O1. The molecule has 112 valence electrons. The smallest absolute Gasteiger partial charge is 0.307 e. The molecule has 1 amide bonds. The van der Waals surface area contributed by atoms with Gasteiger partial charge in [0.2, 0.25) is 5.91 Å². The number of carbonyl (C=O) groups excluding carboxylic acids is 2. The van der Waals surface area contributed by atoms with Crippen LogP contribution in [0.1, 0.15) is 43.4 Å². The molecule has 1 aromatic rings. The zero-order valence-electron chi connectivity index (χ0n) is 11.8. The highest BCUT2D eigenvalue weighted by Crippen LogP contribution is 2.46. The Balaban J connectivity index is 1.56. The molecule has 2 aliphatic heterocycles. The van der Waals surface area contributed by atoms with Gasteiger partial charge in [-0.05, 0) is 25.7 Å². The van der Waals surface area contributed by atoms with Gasteiger partial charge in [-0.15, -0.1) is 0 Å². The Morgan fingerprint density at radius 3 is 3.00 bits per heavy atom. The number of esters is 1. The van der Waals surface area contributed by atoms with Gasteiger partial charge < -0.3 is 14.2 Å². The van der Waals surface area contributed by atoms with Gasteiger partial charge >= 0.3 is 5.97 Å². The molecule has 6 heteroatoms. The van der Waals surface area contributed by atoms with Gasteiger partial charge in [-0.3, -0.25) is 9.59 Å². The monoisotopic (exact) mass is 290 g/mol. The first-order valence-electron chi connectivity index (χ1n) is 7.61. The summed E-state index contributed by atoms with van der Waals surface area (Å²) in [6.45, 7) is 1.16. The molecule has 1 saturated heterocycles. The maximum absolute atomic E-state index is 12.9. The Hall–Kier alpha value is -1.85. The molecule has 0 radical (unpaired) electrons. The Morgan fingerprint density at radius 1 is 1.38 bits per heavy atom. The fraction of sp³-hybridized carbons (Fsp3) is 0.667. The van der Waals surface area contributed by atoms with Crippen molar-refractivity contribution in [2.75, 3.05) is 6.54 Å². The average molecular weight is 290 g/mol. The van der Waals surface area contributed by atoms with Gasteiger partial charge in [-0.1, -0.05) is 5.16 Å². The lowest BCUT2D eigenvalue weighted by Gasteiger charge is -2.33. The van der Waals surface area contributed by atoms with Crippen LogP contribution in [0.5, 0.6) is 0 Å². The molecule has 21 heavy (non-hydrogen) atoms. The van der Waals surface area contributed by atoms with Gasteiger partial charge in [-0.25, -0.2) is 0 Å². The summed E-state index contributed by atoms with van der Waals surface area (Å²) in [5.41, 5.74) is 1.39. The summed E-state index contributed by atoms with van der Waals surface area (Å²) < 4.78 is 10.5. The predicted molar refractivity (Wildman–Crippen MR) is 71.0 cm³/mol. The van der Waals surface area contributed by atoms with Crippen LogP contribution in [0.25, 0.3) is 0 Å². The van der Waals surface area contributed by atoms with Crippen LogP contribution in [0.2, 0.25) is 0 Å². The van der Waals surface area contributed by atoms with Crippen molar-refractivity contribution in [2.24, 2.45) is 5.92 Å². The second-order valence-electron chi connectivity index (χ2n) is 6.30. The van der Waals surface area contributed by atoms with Crippen LogP contribution in [0.4, 0.5) is 0 Å². The topological polar surface area (TPSA) is 72.6 Å². The van der Waals surface area contributed by atoms with Crippen LogP contribution in [0.15, 0.2) is 10.8 Å². The Bertz CT molecular complexity index is 588. The molecule has 0 aromatic carbocycles. The minimum atomic E-state index is -0.525. The first kappa shape index (κ1) is 12.9. The minimum absolute atomic E-state index is 0.0506. The second kappa shape index (κ2) is 4.58. The number of nitrogens with zero attached hydrogens (tertiary/aromatic N) is 2. The zero-order valence-corrected chi connectivity index (χ0v) is 11.8. The third-order valence-corrected chi connectivity index (χ3v) is 5.09. The third-order valence-electron chi connectivity index (χ3n) is 5.09. The number of amides is 1. The molecule has 0 N–H and O–H groups in total. The highest BCUT2D eigenvalue weighted by molar-refractivity contribution is 5.88. The molecule has 1 aliphatic carbocycles. The number of ether oxygens (including phenoxy) is 1. The standard InChI is InChI=1S/C15H18N2O4/c18-13-7-11(15(21-13)4-1-2-5-15)14(19)17-6-3-12-10(8-17)9-20-16-12/h9,11H,1-8H2/t11-/m1/s1. The zero-order chi connectivity index (χ0) is 14.4. The molecule has 3 aliphatic rings. The lowest BCUT2D eigenvalue weighted by atomic mass is 9.84. The Labute approximate surface area is 122 Å². The number of fused-ring (bicyclic) bond motifs is 1. The Kier molecular flexibility index (Phi) is 2.80. The average Bonchev–Trinajstić information content (AvgIpc) is 3.18. The number of hydrogen-bond acceptors (Lipinski definition) is 5. The first-order valence-corrected chi connectivity index (χ1v) is 7.61. The van der Waals surface area contributed by atoms with Gasteiger partial charge in [0.05, 0.1) is 24.6 Å². The molecule has 2 fully saturated rings. The maximum Gasteiger partial charge on any atom is 0.307 e. The van der Waals surface area contributed by atoms with Crippen molar-refractivity contribution in [2.45, 2.75) is 50.7 Å². The van der Waals surface area contributed by atoms with Gasteiger partial charge in [0.15, 0.2) is 0 Å². The fourth-order valence-electron chi connectivity index (χ4n) is 3.98. The van der Waals surface area contributed by atoms with Crippen LogP contribution in [-0.2, 0) is 27.3 Å². The lowest BCUT2D eigenvalue weighted by Crippen LogP contribution is -2.46. The van der Waals surface area contributed by atoms with Gasteiger partial charge in [0, 0.05) is 18.5 Å². The van der Waals surface area contributed by atoms with E-state index in [0.29, 0.717) is 19.5 Å². The quantitative estimate of drug-likeness (QED) is 0.732. The van der Waals surface area contributed by atoms with Crippen molar-refractivity contribution in [1.82, 2.24) is 10.1 Å². The van der Waals surface area contributed by atoms with E-state index in [0.717, 1.165) is 36.9 Å². The molecule has 1 atom stereocenters. The molecular weight excluding hydrogens is 272 g/mol. The molecule has 6 nitrogen and oxygen atoms in total. The molecule has 0 unspecified atom stereocenters. The van der Waals surface area contributed by atoms with Crippen LogP contribution in [0.3, 0.4) is 0 Å². The summed E-state index contributed by atoms with van der Waals surface area (Å²) in [5.74, 6) is -0.485. The van der Waals surface area contributed by atoms with Crippen molar-refractivity contribution < 1.29 is 18.8 Å². The molecular formula is C15H18N2O4. The molecule has 4 rings (SSSR count). The number of carbonyl (C=O) groups is 2. The molecule has 3 heterocycles. The predicted octanol–water partition coefficient (Wildman–Crippen LogP) is 1.44. The Morgan fingerprint density at radius 2 is 2.19 bits per heavy atom. The number of hydrogen-bond donors (Lipinski definition) is 0. The summed E-state index contributed by atoms with van der Waals surface area (Å²) in [7, 11) is 0. The van der Waals surface area contributed by atoms with E-state index in [1.807, 2.05) is 4.90 Å². The van der Waals surface area contributed by atoms with Crippen LogP contribution in [-0.4, -0.2) is 34.1 Å². The van der Waals surface area contributed by atoms with Crippen molar-refractivity contribution in [3.05, 3.63) is 17.5 Å². The van der Waals surface area contributed by atoms with E-state index >= 15 is 0 Å². The summed E-state index contributed by atoms with van der Waals surface area (Å²) >= 11 is 0. The first-order chi connectivity index (χ1) is 10.2. The van der Waals surface area contributed by atoms with Crippen molar-refractivity contribution in [1.29, 1.82) is 0 Å². The minimum Gasteiger partial charge on any atom is -0.458 e. The van der Waals surface area contributed by atoms with E-state index in [1.165, 1.54) is 0 Å². The second-order valence-corrected chi connectivity index (χ2v) is 6.30. The molecule has 0 bridgehead atoms. The highest BCUT2D eigenvalue weighted by atomic mass is 16.6. The van der Waals surface area contributed by atoms with E-state index < -0.39 is 5.60 Å². The van der Waals surface area contributed by atoms with Gasteiger partial charge in [0.25, 0.3) is 0 Å². The maximum atomic E-state index is 12.9. The van der Waals surface area contributed by atoms with E-state index in [1.54, 1.807) is 6.26 Å². The lowest BCUT2D eigenvalue weighted by molar-refractivity contribution is -0.152. The van der Waals surface area contributed by atoms with Gasteiger partial charge in [-0.2, -0.15) is 0 Å². The van der Waals surface area contributed by atoms with E-state index in [-0.39, 0.29) is 24.2 Å². The summed E-state index contributed by atoms with van der Waals surface area (Å²) in [4.78, 5) is 26.4. The van der Waals surface area contributed by atoms with Gasteiger partial charge in [0.1, 0.15) is 11.9 Å². The summed E-state index contributed by atoms with van der Waals surface area (Å²) in [6, 6.07) is 0. The van der Waals surface area contributed by atoms with Crippen molar-refractivity contribution >= 4 is 11.9 Å². The summed E-state index contributed by atoms with van der Waals surface area (Å²) in [6.07, 6.45) is 6.26. The van der Waals surface area contributed by atoms with E-state index in [4.69, 9.17) is 9.26 Å². The van der Waals surface area contributed by atoms with Crippen molar-refractivity contribution in [3.8, 4) is 0 Å². The van der Waals surface area contributed by atoms with Crippen LogP contribution in [0, 0.1) is 5.92 Å². The molecule has 1 saturated carbocycles. The number of rotatable bonds is 1. The summed E-state index contributed by atoms with van der Waals surface area (Å²) in [5, 5.41) is 3.94. The molecule has 1 aromatic heterocycles. The number of aromatic nitrogens is 1. The van der Waals surface area contributed by atoms with Crippen molar-refractivity contribution in [3.63, 3.8) is 0 Å². The van der Waals surface area contributed by atoms with E-state index in [2.05, 4.69) is 5.16 Å². The largest absolute Gasteiger partial charge is 0.458 e. The normalized spacial score (nSPS) is 27.0. The third kappa shape index (κ3) is 1.96. The fourth-order valence-corrected chi connectivity index (χ4v) is 3.98. The van der Waals surface area contributed by atoms with Crippen LogP contribution >= 0.6 is 0 Å².